The summed E-state index contributed by atoms with van der Waals surface area (Å²) in [5.74, 6) is 0. The first-order valence-corrected chi connectivity index (χ1v) is 16.5. The average molecular weight is 540 g/mol. The van der Waals surface area contributed by atoms with Crippen LogP contribution in [0.15, 0.2) is 0 Å². The van der Waals surface area contributed by atoms with E-state index in [1.165, 1.54) is 7.57 Å². The minimum Gasteiger partial charge on any atom is -0.388 e. The fourth-order valence-electron chi connectivity index (χ4n) is 4.94. The van der Waals surface area contributed by atoms with E-state index in [1.807, 2.05) is 13.8 Å². The minimum atomic E-state index is -4.54. The van der Waals surface area contributed by atoms with Crippen LogP contribution in [0.2, 0.25) is 0 Å². The summed E-state index contributed by atoms with van der Waals surface area (Å²) in [4.78, 5) is 10.9. The van der Waals surface area contributed by atoms with Gasteiger partial charge in [0.15, 0.2) is 12.6 Å². The molecule has 0 radical (unpaired) electrons. The zero-order valence-corrected chi connectivity index (χ0v) is 25.1. The van der Waals surface area contributed by atoms with Crippen molar-refractivity contribution in [1.82, 2.24) is 0 Å². The van der Waals surface area contributed by atoms with Gasteiger partial charge in [-0.2, -0.15) is 0 Å². The van der Waals surface area contributed by atoms with Gasteiger partial charge in [0.25, 0.3) is 0 Å². The van der Waals surface area contributed by atoms with E-state index >= 15 is 0 Å². The van der Waals surface area contributed by atoms with E-state index in [0.717, 1.165) is 0 Å². The second-order valence-corrected chi connectivity index (χ2v) is 15.7. The normalized spacial score (nSPS) is 32.1. The summed E-state index contributed by atoms with van der Waals surface area (Å²) in [6, 6.07) is -0.531. The fraction of sp³-hybridized carbons (Fsp3) is 1.00. The Morgan fingerprint density at radius 1 is 0.886 bits per heavy atom. The molecule has 4 N–H and O–H groups in total. The van der Waals surface area contributed by atoms with Crippen molar-refractivity contribution in [1.29, 1.82) is 0 Å². The average Bonchev–Trinajstić information content (AvgIpc) is 3.02. The third-order valence-corrected chi connectivity index (χ3v) is 14.5. The molecule has 1 rings (SSSR count). The predicted molar refractivity (Wildman–Crippen MR) is 144 cm³/mol. The Balaban J connectivity index is 3.38. The zero-order chi connectivity index (χ0) is 27.7. The van der Waals surface area contributed by atoms with E-state index < -0.39 is 60.9 Å². The quantitative estimate of drug-likeness (QED) is 0.193. The first-order chi connectivity index (χ1) is 15.8. The summed E-state index contributed by atoms with van der Waals surface area (Å²) in [5.41, 5.74) is -2.33. The molecule has 9 nitrogen and oxygen atoms in total. The van der Waals surface area contributed by atoms with E-state index in [1.54, 1.807) is 49.4 Å². The maximum Gasteiger partial charge on any atom is 0.359 e. The van der Waals surface area contributed by atoms with Crippen molar-refractivity contribution >= 4 is 30.3 Å². The van der Waals surface area contributed by atoms with Gasteiger partial charge in [0.1, 0.15) is 20.1 Å². The first-order valence-electron chi connectivity index (χ1n) is 12.8. The number of rotatable bonds is 14. The van der Waals surface area contributed by atoms with Gasteiger partial charge in [-0.05, 0) is 52.9 Å². The van der Waals surface area contributed by atoms with E-state index in [9.17, 15) is 29.3 Å². The van der Waals surface area contributed by atoms with Crippen LogP contribution >= 0.6 is 14.8 Å². The maximum absolute atomic E-state index is 14.4. The summed E-state index contributed by atoms with van der Waals surface area (Å²) < 4.78 is 45.7. The number of hydrogen-bond acceptors (Lipinski definition) is 8. The highest BCUT2D eigenvalue weighted by molar-refractivity contribution is 7.84. The standard InChI is InChI=1S/C22H48B2O9P2/c1-9-19(6,14-15-16(25)17(26)18(23)31-15)32-34(24,28)21(8,11-3)20(7,10-2)33-35(29,30)22(27,12-4)13-5/h15-18,25-27H,9-14,23-24H2,1-8H3,(H,29,30)/t15-,16-,17-,18-,19?,20?,21?,34?/m1/s1. The van der Waals surface area contributed by atoms with Gasteiger partial charge >= 0.3 is 7.60 Å². The highest BCUT2D eigenvalue weighted by atomic mass is 31.2. The maximum atomic E-state index is 14.4. The van der Waals surface area contributed by atoms with Crippen LogP contribution in [-0.2, 0) is 22.9 Å². The highest BCUT2D eigenvalue weighted by Gasteiger charge is 2.60. The predicted octanol–water partition coefficient (Wildman–Crippen LogP) is 2.52. The van der Waals surface area contributed by atoms with E-state index in [2.05, 4.69) is 0 Å². The lowest BCUT2D eigenvalue weighted by Crippen LogP contribution is -2.53. The Morgan fingerprint density at radius 3 is 1.74 bits per heavy atom. The van der Waals surface area contributed by atoms with Gasteiger partial charge in [-0.15, -0.1) is 0 Å². The number of aliphatic hydroxyl groups is 3. The minimum absolute atomic E-state index is 0.0299. The molecule has 0 aromatic heterocycles. The van der Waals surface area contributed by atoms with Crippen LogP contribution in [0.1, 0.15) is 93.9 Å². The fourth-order valence-corrected chi connectivity index (χ4v) is 9.74. The molecule has 0 saturated carbocycles. The van der Waals surface area contributed by atoms with Gasteiger partial charge in [-0.1, -0.05) is 34.6 Å². The molecule has 1 aliphatic rings. The van der Waals surface area contributed by atoms with E-state index in [-0.39, 0.29) is 25.7 Å². The molecule has 1 saturated heterocycles. The highest BCUT2D eigenvalue weighted by Crippen LogP contribution is 2.69. The number of aliphatic hydroxyl groups excluding tert-OH is 2. The molecule has 1 heterocycles. The van der Waals surface area contributed by atoms with Crippen molar-refractivity contribution in [2.75, 3.05) is 0 Å². The largest absolute Gasteiger partial charge is 0.388 e. The van der Waals surface area contributed by atoms with Crippen LogP contribution < -0.4 is 0 Å². The summed E-state index contributed by atoms with van der Waals surface area (Å²) >= 11 is 0. The molecule has 0 aromatic rings. The Bertz CT molecular complexity index is 814. The third-order valence-electron chi connectivity index (χ3n) is 8.76. The van der Waals surface area contributed by atoms with Gasteiger partial charge in [0.05, 0.1) is 28.5 Å². The lowest BCUT2D eigenvalue weighted by Gasteiger charge is -2.52. The third kappa shape index (κ3) is 6.32. The van der Waals surface area contributed by atoms with Crippen molar-refractivity contribution in [3.05, 3.63) is 0 Å². The van der Waals surface area contributed by atoms with Crippen molar-refractivity contribution in [2.45, 2.75) is 140 Å². The lowest BCUT2D eigenvalue weighted by molar-refractivity contribution is -0.0391. The van der Waals surface area contributed by atoms with Crippen LogP contribution in [-0.4, -0.2) is 81.6 Å². The molecule has 1 fully saturated rings. The van der Waals surface area contributed by atoms with Gasteiger partial charge in [-0.25, -0.2) is 0 Å². The van der Waals surface area contributed by atoms with Crippen LogP contribution in [0, 0.1) is 0 Å². The monoisotopic (exact) mass is 540 g/mol. The molecule has 0 aromatic carbocycles. The molecule has 1 aliphatic heterocycles. The van der Waals surface area contributed by atoms with Gasteiger partial charge in [0, 0.05) is 6.42 Å². The summed E-state index contributed by atoms with van der Waals surface area (Å²) in [7, 11) is -4.93. The molecule has 9 atom stereocenters. The lowest BCUT2D eigenvalue weighted by atomic mass is 9.85. The Hall–Kier alpha value is 0.310. The number of hydrogen-bond donors (Lipinski definition) is 4. The first kappa shape index (κ1) is 33.3. The van der Waals surface area contributed by atoms with Crippen molar-refractivity contribution in [2.24, 2.45) is 0 Å². The molecular weight excluding hydrogens is 492 g/mol. The van der Waals surface area contributed by atoms with Crippen molar-refractivity contribution < 1.29 is 43.1 Å². The Morgan fingerprint density at radius 2 is 1.40 bits per heavy atom. The topological polar surface area (TPSA) is 143 Å². The van der Waals surface area contributed by atoms with Gasteiger partial charge < -0.3 is 34.0 Å². The Labute approximate surface area is 213 Å². The molecule has 5 unspecified atom stereocenters. The number of ether oxygens (including phenoxy) is 1. The SMILES string of the molecule is B[C@@H]1O[C@H](CC(C)(CC)OP(B)(=O)C(C)(CC)C(C)(CC)OP(=O)(O)C(O)(CC)CC)[C@@H](O)[C@H]1O. The summed E-state index contributed by atoms with van der Waals surface area (Å²) in [6.45, 7) is 13.9. The molecule has 0 aliphatic carbocycles. The molecular formula is C22H48B2O9P2. The smallest absolute Gasteiger partial charge is 0.359 e. The van der Waals surface area contributed by atoms with Crippen LogP contribution in [0.4, 0.5) is 0 Å². The molecule has 0 bridgehead atoms. The van der Waals surface area contributed by atoms with E-state index in [0.29, 0.717) is 12.8 Å². The van der Waals surface area contributed by atoms with E-state index in [4.69, 9.17) is 13.8 Å². The van der Waals surface area contributed by atoms with Crippen LogP contribution in [0.5, 0.6) is 0 Å². The van der Waals surface area contributed by atoms with Gasteiger partial charge in [0.2, 0.25) is 7.57 Å². The Kier molecular flexibility index (Phi) is 11.0. The summed E-state index contributed by atoms with van der Waals surface area (Å²) in [5, 5.41) is 28.2. The second kappa shape index (κ2) is 11.6. The molecule has 0 amide bonds. The molecule has 35 heavy (non-hydrogen) atoms. The summed E-state index contributed by atoms with van der Waals surface area (Å²) in [6.07, 6.45) is -1.49. The molecule has 206 valence electrons. The van der Waals surface area contributed by atoms with Crippen LogP contribution in [0.3, 0.4) is 0 Å². The molecule has 13 heteroatoms. The van der Waals surface area contributed by atoms with Crippen molar-refractivity contribution in [3.63, 3.8) is 0 Å². The molecule has 0 spiro atoms. The second-order valence-electron chi connectivity index (χ2n) is 10.8. The van der Waals surface area contributed by atoms with Crippen molar-refractivity contribution in [3.8, 4) is 0 Å². The van der Waals surface area contributed by atoms with Crippen LogP contribution in [0.25, 0.3) is 0 Å². The zero-order valence-electron chi connectivity index (χ0n) is 23.3. The van der Waals surface area contributed by atoms with Gasteiger partial charge in [-0.3, -0.25) is 9.09 Å².